The van der Waals surface area contributed by atoms with Gasteiger partial charge in [0.25, 0.3) is 5.91 Å². The molecule has 104 valence electrons. The Morgan fingerprint density at radius 1 is 1.20 bits per heavy atom. The van der Waals surface area contributed by atoms with Crippen molar-refractivity contribution in [2.45, 2.75) is 12.8 Å². The molecule has 1 fully saturated rings. The van der Waals surface area contributed by atoms with Crippen LogP contribution in [0.2, 0.25) is 0 Å². The topological polar surface area (TPSA) is 45.5 Å². The lowest BCUT2D eigenvalue weighted by Gasteiger charge is -2.18. The van der Waals surface area contributed by atoms with Gasteiger partial charge in [-0.15, -0.1) is 0 Å². The summed E-state index contributed by atoms with van der Waals surface area (Å²) in [5.41, 5.74) is 1.94. The van der Waals surface area contributed by atoms with Crippen molar-refractivity contribution in [2.75, 3.05) is 23.3 Å². The number of carbonyl (C=O) groups excluding carboxylic acids is 1. The van der Waals surface area contributed by atoms with Crippen molar-refractivity contribution in [1.82, 2.24) is 0 Å². The van der Waals surface area contributed by atoms with Crippen LogP contribution in [0.25, 0.3) is 0 Å². The lowest BCUT2D eigenvalue weighted by Crippen LogP contribution is -2.18. The van der Waals surface area contributed by atoms with Gasteiger partial charge in [0.2, 0.25) is 0 Å². The van der Waals surface area contributed by atoms with E-state index in [-0.39, 0.29) is 5.91 Å². The number of benzene rings is 1. The molecule has 0 spiro atoms. The molecule has 2 aromatic rings. The van der Waals surface area contributed by atoms with E-state index in [1.54, 1.807) is 12.1 Å². The molecular formula is C15H15BrN2O2. The van der Waals surface area contributed by atoms with Gasteiger partial charge in [-0.1, -0.05) is 6.07 Å². The smallest absolute Gasteiger partial charge is 0.291 e. The Balaban J connectivity index is 1.74. The molecule has 5 heteroatoms. The van der Waals surface area contributed by atoms with E-state index in [0.717, 1.165) is 24.5 Å². The third-order valence-electron chi connectivity index (χ3n) is 3.37. The summed E-state index contributed by atoms with van der Waals surface area (Å²) in [6.07, 6.45) is 2.47. The standard InChI is InChI=1S/C15H15BrN2O2/c16-14-7-6-13(20-14)15(19)17-11-4-3-5-12(10-11)18-8-1-2-9-18/h3-7,10H,1-2,8-9H2,(H,17,19). The molecule has 2 heterocycles. The van der Waals surface area contributed by atoms with E-state index in [9.17, 15) is 4.79 Å². The van der Waals surface area contributed by atoms with E-state index in [4.69, 9.17) is 4.42 Å². The molecule has 0 aliphatic carbocycles. The van der Waals surface area contributed by atoms with E-state index in [2.05, 4.69) is 32.2 Å². The predicted molar refractivity (Wildman–Crippen MR) is 82.3 cm³/mol. The molecule has 1 aromatic heterocycles. The van der Waals surface area contributed by atoms with Crippen molar-refractivity contribution in [3.05, 3.63) is 46.8 Å². The van der Waals surface area contributed by atoms with Gasteiger partial charge in [-0.05, 0) is 59.1 Å². The summed E-state index contributed by atoms with van der Waals surface area (Å²) < 4.78 is 5.79. The largest absolute Gasteiger partial charge is 0.444 e. The van der Waals surface area contributed by atoms with Gasteiger partial charge < -0.3 is 14.6 Å². The molecule has 0 bridgehead atoms. The van der Waals surface area contributed by atoms with Gasteiger partial charge in [0.05, 0.1) is 0 Å². The van der Waals surface area contributed by atoms with Gasteiger partial charge in [0.15, 0.2) is 10.4 Å². The molecule has 0 atom stereocenters. The Bertz CT molecular complexity index is 618. The number of nitrogens with one attached hydrogen (secondary N) is 1. The number of carbonyl (C=O) groups is 1. The molecule has 1 amide bonds. The first kappa shape index (κ1) is 13.2. The monoisotopic (exact) mass is 334 g/mol. The number of anilines is 2. The SMILES string of the molecule is O=C(Nc1cccc(N2CCCC2)c1)c1ccc(Br)o1. The Hall–Kier alpha value is -1.75. The van der Waals surface area contributed by atoms with Crippen molar-refractivity contribution < 1.29 is 9.21 Å². The van der Waals surface area contributed by atoms with E-state index in [1.807, 2.05) is 18.2 Å². The second-order valence-corrected chi connectivity index (χ2v) is 5.58. The fourth-order valence-electron chi connectivity index (χ4n) is 2.38. The summed E-state index contributed by atoms with van der Waals surface area (Å²) >= 11 is 3.19. The highest BCUT2D eigenvalue weighted by atomic mass is 79.9. The van der Waals surface area contributed by atoms with Crippen molar-refractivity contribution in [2.24, 2.45) is 0 Å². The zero-order chi connectivity index (χ0) is 13.9. The van der Waals surface area contributed by atoms with E-state index < -0.39 is 0 Å². The number of rotatable bonds is 3. The van der Waals surface area contributed by atoms with Crippen LogP contribution in [0.5, 0.6) is 0 Å². The summed E-state index contributed by atoms with van der Waals surface area (Å²) in [6.45, 7) is 2.17. The molecule has 1 aliphatic heterocycles. The lowest BCUT2D eigenvalue weighted by atomic mass is 10.2. The number of nitrogens with zero attached hydrogens (tertiary/aromatic N) is 1. The molecule has 0 saturated carbocycles. The van der Waals surface area contributed by atoms with Gasteiger partial charge in [-0.3, -0.25) is 4.79 Å². The normalized spacial score (nSPS) is 14.6. The molecule has 0 radical (unpaired) electrons. The maximum atomic E-state index is 12.0. The lowest BCUT2D eigenvalue weighted by molar-refractivity contribution is 0.0995. The molecule has 3 rings (SSSR count). The number of hydrogen-bond donors (Lipinski definition) is 1. The van der Waals surface area contributed by atoms with Gasteiger partial charge in [-0.2, -0.15) is 0 Å². The summed E-state index contributed by atoms with van der Waals surface area (Å²) in [4.78, 5) is 14.4. The average molecular weight is 335 g/mol. The third-order valence-corrected chi connectivity index (χ3v) is 3.80. The van der Waals surface area contributed by atoms with Crippen LogP contribution in [0.3, 0.4) is 0 Å². The highest BCUT2D eigenvalue weighted by Gasteiger charge is 2.14. The zero-order valence-electron chi connectivity index (χ0n) is 10.9. The van der Waals surface area contributed by atoms with Crippen LogP contribution in [0, 0.1) is 0 Å². The number of halogens is 1. The number of hydrogen-bond acceptors (Lipinski definition) is 3. The first-order valence-electron chi connectivity index (χ1n) is 6.64. The van der Waals surface area contributed by atoms with E-state index in [1.165, 1.54) is 12.8 Å². The Kier molecular flexibility index (Phi) is 3.78. The number of amides is 1. The van der Waals surface area contributed by atoms with Gasteiger partial charge >= 0.3 is 0 Å². The maximum Gasteiger partial charge on any atom is 0.291 e. The van der Waals surface area contributed by atoms with Crippen LogP contribution in [-0.2, 0) is 0 Å². The third kappa shape index (κ3) is 2.88. The maximum absolute atomic E-state index is 12.0. The van der Waals surface area contributed by atoms with Gasteiger partial charge in [0.1, 0.15) is 0 Å². The van der Waals surface area contributed by atoms with Gasteiger partial charge in [-0.25, -0.2) is 0 Å². The van der Waals surface area contributed by atoms with Crippen LogP contribution >= 0.6 is 15.9 Å². The molecule has 1 saturated heterocycles. The molecular weight excluding hydrogens is 320 g/mol. The molecule has 4 nitrogen and oxygen atoms in total. The van der Waals surface area contributed by atoms with Crippen LogP contribution < -0.4 is 10.2 Å². The zero-order valence-corrected chi connectivity index (χ0v) is 12.5. The molecule has 1 aromatic carbocycles. The molecule has 1 aliphatic rings. The Morgan fingerprint density at radius 2 is 2.00 bits per heavy atom. The Labute approximate surface area is 125 Å². The van der Waals surface area contributed by atoms with E-state index in [0.29, 0.717) is 10.4 Å². The predicted octanol–water partition coefficient (Wildman–Crippen LogP) is 3.89. The van der Waals surface area contributed by atoms with Crippen LogP contribution in [0.4, 0.5) is 11.4 Å². The fraction of sp³-hybridized carbons (Fsp3) is 0.267. The minimum atomic E-state index is -0.241. The number of furan rings is 1. The van der Waals surface area contributed by atoms with Crippen molar-refractivity contribution >= 4 is 33.2 Å². The van der Waals surface area contributed by atoms with E-state index >= 15 is 0 Å². The molecule has 20 heavy (non-hydrogen) atoms. The summed E-state index contributed by atoms with van der Waals surface area (Å²) in [6, 6.07) is 11.3. The van der Waals surface area contributed by atoms with Crippen LogP contribution in [0.15, 0.2) is 45.5 Å². The quantitative estimate of drug-likeness (QED) is 0.925. The first-order valence-corrected chi connectivity index (χ1v) is 7.43. The highest BCUT2D eigenvalue weighted by molar-refractivity contribution is 9.10. The van der Waals surface area contributed by atoms with Gasteiger partial charge in [0, 0.05) is 24.5 Å². The van der Waals surface area contributed by atoms with Crippen LogP contribution in [0.1, 0.15) is 23.4 Å². The summed E-state index contributed by atoms with van der Waals surface area (Å²) in [7, 11) is 0. The minimum absolute atomic E-state index is 0.241. The van der Waals surface area contributed by atoms with Crippen molar-refractivity contribution in [3.63, 3.8) is 0 Å². The fourth-order valence-corrected chi connectivity index (χ4v) is 2.69. The van der Waals surface area contributed by atoms with Crippen LogP contribution in [-0.4, -0.2) is 19.0 Å². The first-order chi connectivity index (χ1) is 9.72. The Morgan fingerprint density at radius 3 is 2.70 bits per heavy atom. The molecule has 1 N–H and O–H groups in total. The second kappa shape index (κ2) is 5.71. The second-order valence-electron chi connectivity index (χ2n) is 4.80. The summed E-state index contributed by atoms with van der Waals surface area (Å²) in [5.74, 6) is 0.0534. The average Bonchev–Trinajstić information content (AvgIpc) is 3.10. The minimum Gasteiger partial charge on any atom is -0.444 e. The molecule has 0 unspecified atom stereocenters. The van der Waals surface area contributed by atoms with Crippen molar-refractivity contribution in [3.8, 4) is 0 Å². The van der Waals surface area contributed by atoms with Crippen molar-refractivity contribution in [1.29, 1.82) is 0 Å². The summed E-state index contributed by atoms with van der Waals surface area (Å²) in [5, 5.41) is 2.86. The highest BCUT2D eigenvalue weighted by Crippen LogP contribution is 2.24.